The lowest BCUT2D eigenvalue weighted by Crippen LogP contribution is -2.05. The van der Waals surface area contributed by atoms with Gasteiger partial charge in [0.1, 0.15) is 0 Å². The maximum atomic E-state index is 13.9. The predicted molar refractivity (Wildman–Crippen MR) is 90.3 cm³/mol. The van der Waals surface area contributed by atoms with Crippen molar-refractivity contribution in [3.63, 3.8) is 0 Å². The Kier molecular flexibility index (Phi) is 4.26. The second kappa shape index (κ2) is 6.25. The van der Waals surface area contributed by atoms with E-state index in [2.05, 4.69) is 0 Å². The second-order valence-corrected chi connectivity index (χ2v) is 6.48. The molecule has 0 aliphatic heterocycles. The summed E-state index contributed by atoms with van der Waals surface area (Å²) in [6.07, 6.45) is 0. The third-order valence-electron chi connectivity index (χ3n) is 3.85. The number of rotatable bonds is 3. The summed E-state index contributed by atoms with van der Waals surface area (Å²) in [4.78, 5) is 13.3. The fourth-order valence-electron chi connectivity index (χ4n) is 2.41. The van der Waals surface area contributed by atoms with E-state index in [0.29, 0.717) is 11.8 Å². The molecule has 128 valence electrons. The molecule has 1 heterocycles. The molecule has 0 aliphatic carbocycles. The summed E-state index contributed by atoms with van der Waals surface area (Å²) in [6, 6.07) is 8.91. The number of benzene rings is 2. The summed E-state index contributed by atoms with van der Waals surface area (Å²) in [7, 11) is 0. The Morgan fingerprint density at radius 3 is 2.56 bits per heavy atom. The maximum absolute atomic E-state index is 13.9. The molecule has 0 atom stereocenters. The molecule has 7 heteroatoms. The van der Waals surface area contributed by atoms with E-state index in [1.54, 1.807) is 18.2 Å². The van der Waals surface area contributed by atoms with Crippen molar-refractivity contribution in [2.45, 2.75) is 6.92 Å². The Labute approximate surface area is 145 Å². The first-order valence-corrected chi connectivity index (χ1v) is 7.99. The topological polar surface area (TPSA) is 63.3 Å². The Balaban J connectivity index is 2.04. The zero-order valence-electron chi connectivity index (χ0n) is 12.9. The molecule has 3 aromatic rings. The normalized spacial score (nSPS) is 10.9. The molecule has 3 nitrogen and oxygen atoms in total. The van der Waals surface area contributed by atoms with Crippen LogP contribution in [0.3, 0.4) is 0 Å². The third kappa shape index (κ3) is 2.87. The SMILES string of the molecule is Cc1c(N)cccc1-c1ccc(C(=O)c2cc(F)c(F)c(O)c2F)s1. The average molecular weight is 363 g/mol. The van der Waals surface area contributed by atoms with Gasteiger partial charge in [0.05, 0.1) is 10.4 Å². The van der Waals surface area contributed by atoms with Gasteiger partial charge in [0.25, 0.3) is 0 Å². The molecule has 0 amide bonds. The Morgan fingerprint density at radius 2 is 1.84 bits per heavy atom. The molecule has 25 heavy (non-hydrogen) atoms. The van der Waals surface area contributed by atoms with Crippen LogP contribution in [0.4, 0.5) is 18.9 Å². The lowest BCUT2D eigenvalue weighted by molar-refractivity contribution is 0.103. The summed E-state index contributed by atoms with van der Waals surface area (Å²) in [5.41, 5.74) is 7.38. The van der Waals surface area contributed by atoms with Crippen molar-refractivity contribution in [2.24, 2.45) is 0 Å². The number of halogens is 3. The van der Waals surface area contributed by atoms with Crippen LogP contribution >= 0.6 is 11.3 Å². The minimum Gasteiger partial charge on any atom is -0.503 e. The number of phenolic OH excluding ortho intramolecular Hbond substituents is 1. The van der Waals surface area contributed by atoms with E-state index in [1.807, 2.05) is 13.0 Å². The molecule has 0 saturated heterocycles. The van der Waals surface area contributed by atoms with Crippen molar-refractivity contribution in [1.29, 1.82) is 0 Å². The molecule has 0 unspecified atom stereocenters. The number of hydrogen-bond acceptors (Lipinski definition) is 4. The van der Waals surface area contributed by atoms with Crippen LogP contribution < -0.4 is 5.73 Å². The molecule has 0 aliphatic rings. The quantitative estimate of drug-likeness (QED) is 0.404. The summed E-state index contributed by atoms with van der Waals surface area (Å²) < 4.78 is 40.5. The van der Waals surface area contributed by atoms with Gasteiger partial charge in [0, 0.05) is 10.6 Å². The number of thiophene rings is 1. The first-order valence-electron chi connectivity index (χ1n) is 7.17. The highest BCUT2D eigenvalue weighted by molar-refractivity contribution is 7.17. The molecule has 3 N–H and O–H groups in total. The van der Waals surface area contributed by atoms with E-state index in [9.17, 15) is 23.1 Å². The maximum Gasteiger partial charge on any atom is 0.206 e. The number of aromatic hydroxyl groups is 1. The van der Waals surface area contributed by atoms with Crippen LogP contribution in [-0.2, 0) is 0 Å². The first kappa shape index (κ1) is 17.0. The smallest absolute Gasteiger partial charge is 0.206 e. The number of phenols is 1. The molecule has 2 aromatic carbocycles. The van der Waals surface area contributed by atoms with Crippen LogP contribution in [0.2, 0.25) is 0 Å². The Morgan fingerprint density at radius 1 is 1.12 bits per heavy atom. The van der Waals surface area contributed by atoms with Crippen molar-refractivity contribution in [3.8, 4) is 16.2 Å². The van der Waals surface area contributed by atoms with Crippen molar-refractivity contribution >= 4 is 22.8 Å². The number of nitrogens with two attached hydrogens (primary N) is 1. The number of nitrogen functional groups attached to an aromatic ring is 1. The van der Waals surface area contributed by atoms with Crippen molar-refractivity contribution in [2.75, 3.05) is 5.73 Å². The minimum atomic E-state index is -1.73. The molecule has 0 bridgehead atoms. The number of carbonyl (C=O) groups excluding carboxylic acids is 1. The van der Waals surface area contributed by atoms with Crippen LogP contribution in [0.5, 0.6) is 5.75 Å². The highest BCUT2D eigenvalue weighted by atomic mass is 32.1. The van der Waals surface area contributed by atoms with Crippen LogP contribution in [0.15, 0.2) is 36.4 Å². The van der Waals surface area contributed by atoms with E-state index in [4.69, 9.17) is 5.73 Å². The van der Waals surface area contributed by atoms with Crippen LogP contribution in [0.25, 0.3) is 10.4 Å². The Hall–Kier alpha value is -2.80. The summed E-state index contributed by atoms with van der Waals surface area (Å²) in [5.74, 6) is -7.06. The fourth-order valence-corrected chi connectivity index (χ4v) is 3.46. The fraction of sp³-hybridized carbons (Fsp3) is 0.0556. The highest BCUT2D eigenvalue weighted by Gasteiger charge is 2.24. The monoisotopic (exact) mass is 363 g/mol. The zero-order valence-corrected chi connectivity index (χ0v) is 13.8. The van der Waals surface area contributed by atoms with Gasteiger partial charge < -0.3 is 10.8 Å². The number of anilines is 1. The lowest BCUT2D eigenvalue weighted by atomic mass is 10.1. The summed E-state index contributed by atoms with van der Waals surface area (Å²) in [6.45, 7) is 1.83. The van der Waals surface area contributed by atoms with Gasteiger partial charge in [0.15, 0.2) is 17.4 Å². The molecule has 1 aromatic heterocycles. The summed E-state index contributed by atoms with van der Waals surface area (Å²) in [5, 5.41) is 9.26. The second-order valence-electron chi connectivity index (χ2n) is 5.40. The third-order valence-corrected chi connectivity index (χ3v) is 4.97. The number of hydrogen-bond donors (Lipinski definition) is 2. The van der Waals surface area contributed by atoms with Crippen molar-refractivity contribution < 1.29 is 23.1 Å². The molecule has 0 fully saturated rings. The standard InChI is InChI=1S/C18H12F3NO2S/c1-8-9(3-2-4-12(8)22)13-5-6-14(25-13)17(23)10-7-11(19)16(21)18(24)15(10)20/h2-7,24H,22H2,1H3. The molecule has 3 rings (SSSR count). The largest absolute Gasteiger partial charge is 0.503 e. The first-order chi connectivity index (χ1) is 11.8. The molecule has 0 saturated carbocycles. The zero-order chi connectivity index (χ0) is 18.3. The van der Waals surface area contributed by atoms with Gasteiger partial charge in [0.2, 0.25) is 11.6 Å². The van der Waals surface area contributed by atoms with Gasteiger partial charge in [-0.05, 0) is 42.3 Å². The molecule has 0 radical (unpaired) electrons. The van der Waals surface area contributed by atoms with Gasteiger partial charge >= 0.3 is 0 Å². The van der Waals surface area contributed by atoms with E-state index >= 15 is 0 Å². The van der Waals surface area contributed by atoms with E-state index < -0.39 is 34.5 Å². The average Bonchev–Trinajstić information content (AvgIpc) is 3.08. The minimum absolute atomic E-state index is 0.126. The van der Waals surface area contributed by atoms with E-state index in [0.717, 1.165) is 27.3 Å². The van der Waals surface area contributed by atoms with Crippen LogP contribution in [-0.4, -0.2) is 10.9 Å². The highest BCUT2D eigenvalue weighted by Crippen LogP contribution is 2.35. The number of ketones is 1. The van der Waals surface area contributed by atoms with E-state index in [-0.39, 0.29) is 4.88 Å². The van der Waals surface area contributed by atoms with Gasteiger partial charge in [-0.25, -0.2) is 8.78 Å². The van der Waals surface area contributed by atoms with Gasteiger partial charge in [-0.2, -0.15) is 4.39 Å². The van der Waals surface area contributed by atoms with Crippen LogP contribution in [0.1, 0.15) is 20.8 Å². The van der Waals surface area contributed by atoms with Crippen molar-refractivity contribution in [3.05, 3.63) is 69.9 Å². The predicted octanol–water partition coefficient (Wildman–Crippen LogP) is 4.66. The molecule has 0 spiro atoms. The number of carbonyl (C=O) groups is 1. The van der Waals surface area contributed by atoms with E-state index in [1.165, 1.54) is 6.07 Å². The van der Waals surface area contributed by atoms with Gasteiger partial charge in [-0.1, -0.05) is 12.1 Å². The molecular weight excluding hydrogens is 351 g/mol. The van der Waals surface area contributed by atoms with Gasteiger partial charge in [-0.3, -0.25) is 4.79 Å². The molecular formula is C18H12F3NO2S. The Bertz CT molecular complexity index is 998. The van der Waals surface area contributed by atoms with Gasteiger partial charge in [-0.15, -0.1) is 11.3 Å². The van der Waals surface area contributed by atoms with Crippen LogP contribution in [0, 0.1) is 24.4 Å². The lowest BCUT2D eigenvalue weighted by Gasteiger charge is -2.06. The summed E-state index contributed by atoms with van der Waals surface area (Å²) >= 11 is 1.07. The van der Waals surface area contributed by atoms with Crippen molar-refractivity contribution in [1.82, 2.24) is 0 Å².